The molecule has 0 fully saturated rings. The Hall–Kier alpha value is -3.23. The van der Waals surface area contributed by atoms with Crippen LogP contribution in [0.4, 0.5) is 0 Å². The summed E-state index contributed by atoms with van der Waals surface area (Å²) in [5.41, 5.74) is 2.64. The van der Waals surface area contributed by atoms with E-state index in [9.17, 15) is 14.4 Å². The second kappa shape index (κ2) is 8.13. The molecule has 5 rings (SSSR count). The lowest BCUT2D eigenvalue weighted by molar-refractivity contribution is 0.0655. The average Bonchev–Trinajstić information content (AvgIpc) is 3.33. The van der Waals surface area contributed by atoms with E-state index in [2.05, 4.69) is 9.97 Å². The van der Waals surface area contributed by atoms with Gasteiger partial charge in [-0.25, -0.2) is 4.98 Å². The molecule has 3 heterocycles. The Labute approximate surface area is 185 Å². The van der Waals surface area contributed by atoms with Gasteiger partial charge in [-0.05, 0) is 24.1 Å². The number of aromatic nitrogens is 2. The SMILES string of the molecule is O=C1c2ccccc2C(=O)N1CCCSc1nc2scc(-c3ccccc3)c2c(=O)[nH]1. The molecule has 2 aromatic heterocycles. The molecule has 2 aromatic carbocycles. The van der Waals surface area contributed by atoms with Crippen LogP contribution in [0.15, 0.2) is 69.9 Å². The van der Waals surface area contributed by atoms with E-state index >= 15 is 0 Å². The maximum atomic E-state index is 12.7. The van der Waals surface area contributed by atoms with E-state index in [1.54, 1.807) is 24.3 Å². The number of nitrogens with zero attached hydrogens (tertiary/aromatic N) is 2. The standard InChI is InChI=1S/C23H17N3O3S2/c27-19-18-17(14-7-2-1-3-8-14)13-31-20(18)25-23(24-19)30-12-6-11-26-21(28)15-9-4-5-10-16(15)22(26)29/h1-5,7-10,13H,6,11-12H2,(H,24,25,27). The molecule has 154 valence electrons. The first-order valence-electron chi connectivity index (χ1n) is 9.78. The number of nitrogens with one attached hydrogen (secondary N) is 1. The Bertz CT molecular complexity index is 1330. The van der Waals surface area contributed by atoms with E-state index in [1.165, 1.54) is 28.0 Å². The molecule has 6 nitrogen and oxygen atoms in total. The Morgan fingerprint density at radius 3 is 2.29 bits per heavy atom. The molecule has 0 spiro atoms. The Morgan fingerprint density at radius 2 is 1.58 bits per heavy atom. The molecule has 1 aliphatic heterocycles. The summed E-state index contributed by atoms with van der Waals surface area (Å²) in [5.74, 6) is 0.134. The molecule has 0 saturated carbocycles. The van der Waals surface area contributed by atoms with Crippen molar-refractivity contribution in [2.75, 3.05) is 12.3 Å². The predicted molar refractivity (Wildman–Crippen MR) is 123 cm³/mol. The van der Waals surface area contributed by atoms with Gasteiger partial charge in [-0.15, -0.1) is 11.3 Å². The summed E-state index contributed by atoms with van der Waals surface area (Å²) < 4.78 is 0. The topological polar surface area (TPSA) is 83.1 Å². The Balaban J connectivity index is 1.26. The van der Waals surface area contributed by atoms with Gasteiger partial charge in [0.15, 0.2) is 5.16 Å². The normalized spacial score (nSPS) is 13.2. The third kappa shape index (κ3) is 3.58. The van der Waals surface area contributed by atoms with Crippen LogP contribution in [0.25, 0.3) is 21.3 Å². The number of benzene rings is 2. The number of thiophene rings is 1. The number of rotatable bonds is 6. The molecule has 0 radical (unpaired) electrons. The molecule has 0 saturated heterocycles. The fourth-order valence-electron chi connectivity index (χ4n) is 3.66. The van der Waals surface area contributed by atoms with Gasteiger partial charge in [0.2, 0.25) is 0 Å². The smallest absolute Gasteiger partial charge is 0.261 e. The van der Waals surface area contributed by atoms with Crippen LogP contribution in [-0.4, -0.2) is 39.0 Å². The first-order chi connectivity index (χ1) is 15.1. The second-order valence-corrected chi connectivity index (χ2v) is 9.02. The van der Waals surface area contributed by atoms with Crippen molar-refractivity contribution in [1.82, 2.24) is 14.9 Å². The summed E-state index contributed by atoms with van der Waals surface area (Å²) >= 11 is 2.86. The molecular weight excluding hydrogens is 430 g/mol. The lowest BCUT2D eigenvalue weighted by Gasteiger charge is -2.13. The van der Waals surface area contributed by atoms with E-state index in [0.29, 0.717) is 45.2 Å². The number of thioether (sulfide) groups is 1. The summed E-state index contributed by atoms with van der Waals surface area (Å²) in [5, 5.41) is 3.10. The number of amides is 2. The summed E-state index contributed by atoms with van der Waals surface area (Å²) in [4.78, 5) is 47.0. The van der Waals surface area contributed by atoms with Gasteiger partial charge in [0.25, 0.3) is 17.4 Å². The van der Waals surface area contributed by atoms with Crippen LogP contribution in [0.5, 0.6) is 0 Å². The molecule has 0 aliphatic carbocycles. The van der Waals surface area contributed by atoms with Crippen molar-refractivity contribution >= 4 is 45.1 Å². The largest absolute Gasteiger partial charge is 0.301 e. The van der Waals surface area contributed by atoms with Crippen molar-refractivity contribution in [2.24, 2.45) is 0 Å². The summed E-state index contributed by atoms with van der Waals surface area (Å²) in [6, 6.07) is 16.7. The highest BCUT2D eigenvalue weighted by molar-refractivity contribution is 7.99. The van der Waals surface area contributed by atoms with E-state index in [4.69, 9.17) is 0 Å². The van der Waals surface area contributed by atoms with E-state index in [0.717, 1.165) is 11.1 Å². The number of H-pyrrole nitrogens is 1. The lowest BCUT2D eigenvalue weighted by Crippen LogP contribution is -2.31. The summed E-state index contributed by atoms with van der Waals surface area (Å²) in [7, 11) is 0. The first kappa shape index (κ1) is 19.7. The predicted octanol–water partition coefficient (Wildman–Crippen LogP) is 4.43. The van der Waals surface area contributed by atoms with Crippen LogP contribution in [0.2, 0.25) is 0 Å². The number of fused-ring (bicyclic) bond motifs is 2. The molecule has 31 heavy (non-hydrogen) atoms. The third-order valence-electron chi connectivity index (χ3n) is 5.15. The molecule has 0 unspecified atom stereocenters. The van der Waals surface area contributed by atoms with Crippen molar-refractivity contribution in [2.45, 2.75) is 11.6 Å². The lowest BCUT2D eigenvalue weighted by atomic mass is 10.1. The van der Waals surface area contributed by atoms with Gasteiger partial charge in [0, 0.05) is 23.2 Å². The average molecular weight is 448 g/mol. The van der Waals surface area contributed by atoms with Crippen LogP contribution in [0.3, 0.4) is 0 Å². The number of carbonyl (C=O) groups excluding carboxylic acids is 2. The van der Waals surface area contributed by atoms with Gasteiger partial charge in [0.1, 0.15) is 4.83 Å². The minimum Gasteiger partial charge on any atom is -0.301 e. The number of hydrogen-bond donors (Lipinski definition) is 1. The van der Waals surface area contributed by atoms with Gasteiger partial charge in [-0.2, -0.15) is 0 Å². The zero-order valence-electron chi connectivity index (χ0n) is 16.3. The molecule has 8 heteroatoms. The fourth-order valence-corrected chi connectivity index (χ4v) is 5.45. The molecule has 2 amide bonds. The van der Waals surface area contributed by atoms with Gasteiger partial charge in [0.05, 0.1) is 16.5 Å². The molecule has 1 N–H and O–H groups in total. The maximum Gasteiger partial charge on any atom is 0.261 e. The van der Waals surface area contributed by atoms with Gasteiger partial charge < -0.3 is 4.98 Å². The van der Waals surface area contributed by atoms with Crippen molar-refractivity contribution in [3.05, 3.63) is 81.5 Å². The van der Waals surface area contributed by atoms with Crippen LogP contribution >= 0.6 is 23.1 Å². The second-order valence-electron chi connectivity index (χ2n) is 7.08. The van der Waals surface area contributed by atoms with Crippen molar-refractivity contribution in [3.63, 3.8) is 0 Å². The Kier molecular flexibility index (Phi) is 5.17. The van der Waals surface area contributed by atoms with E-state index in [1.807, 2.05) is 35.7 Å². The number of hydrogen-bond acceptors (Lipinski definition) is 6. The van der Waals surface area contributed by atoms with Crippen LogP contribution in [0, 0.1) is 0 Å². The number of imide groups is 1. The fraction of sp³-hybridized carbons (Fsp3) is 0.130. The molecule has 4 aromatic rings. The number of aromatic amines is 1. The minimum absolute atomic E-state index is 0.159. The van der Waals surface area contributed by atoms with Crippen molar-refractivity contribution in [1.29, 1.82) is 0 Å². The zero-order chi connectivity index (χ0) is 21.4. The van der Waals surface area contributed by atoms with Gasteiger partial charge in [-0.3, -0.25) is 19.3 Å². The molecule has 0 bridgehead atoms. The maximum absolute atomic E-state index is 12.7. The highest BCUT2D eigenvalue weighted by atomic mass is 32.2. The van der Waals surface area contributed by atoms with Crippen molar-refractivity contribution < 1.29 is 9.59 Å². The molecule has 0 atom stereocenters. The summed E-state index contributed by atoms with van der Waals surface area (Å²) in [6.45, 7) is 0.336. The van der Waals surface area contributed by atoms with E-state index < -0.39 is 0 Å². The Morgan fingerprint density at radius 1 is 0.903 bits per heavy atom. The monoisotopic (exact) mass is 447 g/mol. The van der Waals surface area contributed by atoms with Crippen molar-refractivity contribution in [3.8, 4) is 11.1 Å². The van der Waals surface area contributed by atoms with Crippen LogP contribution in [0.1, 0.15) is 27.1 Å². The third-order valence-corrected chi connectivity index (χ3v) is 6.98. The first-order valence-corrected chi connectivity index (χ1v) is 11.6. The van der Waals surface area contributed by atoms with Gasteiger partial charge in [-0.1, -0.05) is 54.2 Å². The highest BCUT2D eigenvalue weighted by Gasteiger charge is 2.34. The zero-order valence-corrected chi connectivity index (χ0v) is 18.0. The van der Waals surface area contributed by atoms with Crippen LogP contribution < -0.4 is 5.56 Å². The minimum atomic E-state index is -0.245. The van der Waals surface area contributed by atoms with Crippen LogP contribution in [-0.2, 0) is 0 Å². The molecule has 1 aliphatic rings. The quantitative estimate of drug-likeness (QED) is 0.205. The summed E-state index contributed by atoms with van der Waals surface area (Å²) in [6.07, 6.45) is 0.609. The van der Waals surface area contributed by atoms with E-state index in [-0.39, 0.29) is 17.4 Å². The highest BCUT2D eigenvalue weighted by Crippen LogP contribution is 2.31. The van der Waals surface area contributed by atoms with Gasteiger partial charge >= 0.3 is 0 Å². The molecular formula is C23H17N3O3S2. The number of carbonyl (C=O) groups is 2.